The lowest BCUT2D eigenvalue weighted by molar-refractivity contribution is -0.115. The van der Waals surface area contributed by atoms with Gasteiger partial charge in [-0.25, -0.2) is 0 Å². The summed E-state index contributed by atoms with van der Waals surface area (Å²) < 4.78 is 0. The van der Waals surface area contributed by atoms with Gasteiger partial charge in [0.1, 0.15) is 0 Å². The molecule has 1 amide bonds. The molecule has 0 saturated heterocycles. The maximum atomic E-state index is 11.7. The highest BCUT2D eigenvalue weighted by Gasteiger charge is 2.01. The fraction of sp³-hybridized carbons (Fsp3) is 0.0667. The maximum absolute atomic E-state index is 11.7. The van der Waals surface area contributed by atoms with Gasteiger partial charge in [0, 0.05) is 16.6 Å². The molecule has 3 nitrogen and oxygen atoms in total. The second-order valence-corrected chi connectivity index (χ2v) is 5.55. The van der Waals surface area contributed by atoms with Crippen molar-refractivity contribution in [1.29, 1.82) is 0 Å². The zero-order chi connectivity index (χ0) is 14.4. The van der Waals surface area contributed by atoms with E-state index in [1.807, 2.05) is 48.7 Å². The van der Waals surface area contributed by atoms with Crippen molar-refractivity contribution in [3.05, 3.63) is 58.3 Å². The van der Waals surface area contributed by atoms with E-state index < -0.39 is 0 Å². The number of rotatable bonds is 3. The molecular formula is C15H14N2OS2. The van der Waals surface area contributed by atoms with E-state index in [1.165, 1.54) is 6.08 Å². The number of anilines is 1. The standard InChI is InChI=1S/C15H14N2OS2/c1-11-4-2-5-12(10-11)16-15(19)17-14(18)8-7-13-6-3-9-20-13/h2-10H,1H3,(H2,16,17,18,19). The number of aryl methyl sites for hydroxylation is 1. The third kappa shape index (κ3) is 4.60. The Morgan fingerprint density at radius 3 is 2.85 bits per heavy atom. The number of nitrogens with one attached hydrogen (secondary N) is 2. The van der Waals surface area contributed by atoms with Gasteiger partial charge in [-0.1, -0.05) is 18.2 Å². The molecule has 1 aromatic heterocycles. The first kappa shape index (κ1) is 14.4. The number of thiocarbonyl (C=S) groups is 1. The van der Waals surface area contributed by atoms with E-state index in [-0.39, 0.29) is 11.0 Å². The van der Waals surface area contributed by atoms with Crippen LogP contribution in [0.4, 0.5) is 5.69 Å². The van der Waals surface area contributed by atoms with Crippen LogP contribution in [-0.2, 0) is 4.79 Å². The largest absolute Gasteiger partial charge is 0.332 e. The molecule has 102 valence electrons. The molecule has 0 fully saturated rings. The third-order valence-corrected chi connectivity index (χ3v) is 3.50. The van der Waals surface area contributed by atoms with Crippen LogP contribution in [0.15, 0.2) is 47.9 Å². The fourth-order valence-electron chi connectivity index (χ4n) is 1.58. The average Bonchev–Trinajstić information content (AvgIpc) is 2.89. The fourth-order valence-corrected chi connectivity index (χ4v) is 2.42. The highest BCUT2D eigenvalue weighted by molar-refractivity contribution is 7.80. The molecule has 2 N–H and O–H groups in total. The number of amides is 1. The van der Waals surface area contributed by atoms with Gasteiger partial charge >= 0.3 is 0 Å². The molecule has 0 bridgehead atoms. The van der Waals surface area contributed by atoms with Crippen LogP contribution in [0.1, 0.15) is 10.4 Å². The van der Waals surface area contributed by atoms with Gasteiger partial charge in [0.25, 0.3) is 0 Å². The first-order valence-electron chi connectivity index (χ1n) is 6.04. The molecular weight excluding hydrogens is 288 g/mol. The quantitative estimate of drug-likeness (QED) is 0.672. The molecule has 0 aliphatic rings. The summed E-state index contributed by atoms with van der Waals surface area (Å²) in [6.07, 6.45) is 3.23. The van der Waals surface area contributed by atoms with Crippen molar-refractivity contribution < 1.29 is 4.79 Å². The summed E-state index contributed by atoms with van der Waals surface area (Å²) >= 11 is 6.67. The zero-order valence-electron chi connectivity index (χ0n) is 10.9. The highest BCUT2D eigenvalue weighted by Crippen LogP contribution is 2.10. The van der Waals surface area contributed by atoms with Crippen molar-refractivity contribution in [2.45, 2.75) is 6.92 Å². The molecule has 0 aliphatic carbocycles. The Balaban J connectivity index is 1.86. The van der Waals surface area contributed by atoms with Crippen LogP contribution in [0.3, 0.4) is 0 Å². The van der Waals surface area contributed by atoms with Crippen molar-refractivity contribution in [2.75, 3.05) is 5.32 Å². The molecule has 0 saturated carbocycles. The second kappa shape index (κ2) is 6.98. The van der Waals surface area contributed by atoms with E-state index in [0.29, 0.717) is 0 Å². The number of thiophene rings is 1. The summed E-state index contributed by atoms with van der Waals surface area (Å²) in [5.41, 5.74) is 1.99. The summed E-state index contributed by atoms with van der Waals surface area (Å²) in [6, 6.07) is 11.7. The highest BCUT2D eigenvalue weighted by atomic mass is 32.1. The molecule has 1 heterocycles. The topological polar surface area (TPSA) is 41.1 Å². The Kier molecular flexibility index (Phi) is 5.03. The van der Waals surface area contributed by atoms with Crippen LogP contribution in [0, 0.1) is 6.92 Å². The van der Waals surface area contributed by atoms with E-state index >= 15 is 0 Å². The number of hydrogen-bond acceptors (Lipinski definition) is 3. The van der Waals surface area contributed by atoms with E-state index in [1.54, 1.807) is 17.4 Å². The van der Waals surface area contributed by atoms with Crippen molar-refractivity contribution >= 4 is 46.3 Å². The maximum Gasteiger partial charge on any atom is 0.250 e. The zero-order valence-corrected chi connectivity index (χ0v) is 12.6. The number of carbonyl (C=O) groups excluding carboxylic acids is 1. The smallest absolute Gasteiger partial charge is 0.250 e. The molecule has 0 spiro atoms. The third-order valence-electron chi connectivity index (χ3n) is 2.45. The molecule has 20 heavy (non-hydrogen) atoms. The van der Waals surface area contributed by atoms with Gasteiger partial charge in [-0.05, 0) is 54.4 Å². The lowest BCUT2D eigenvalue weighted by atomic mass is 10.2. The van der Waals surface area contributed by atoms with Crippen LogP contribution in [0.25, 0.3) is 6.08 Å². The first-order chi connectivity index (χ1) is 9.63. The molecule has 2 aromatic rings. The Morgan fingerprint density at radius 1 is 1.30 bits per heavy atom. The van der Waals surface area contributed by atoms with E-state index in [2.05, 4.69) is 10.6 Å². The minimum absolute atomic E-state index is 0.247. The van der Waals surface area contributed by atoms with Crippen LogP contribution >= 0.6 is 23.6 Å². The molecule has 0 radical (unpaired) electrons. The van der Waals surface area contributed by atoms with Gasteiger partial charge in [-0.3, -0.25) is 10.1 Å². The van der Waals surface area contributed by atoms with Gasteiger partial charge in [0.15, 0.2) is 5.11 Å². The van der Waals surface area contributed by atoms with Crippen molar-refractivity contribution in [3.63, 3.8) is 0 Å². The molecule has 0 unspecified atom stereocenters. The van der Waals surface area contributed by atoms with E-state index in [4.69, 9.17) is 12.2 Å². The molecule has 1 aromatic carbocycles. The van der Waals surface area contributed by atoms with Crippen LogP contribution in [-0.4, -0.2) is 11.0 Å². The second-order valence-electron chi connectivity index (χ2n) is 4.16. The predicted octanol–water partition coefficient (Wildman–Crippen LogP) is 3.58. The Labute approximate surface area is 127 Å². The number of carbonyl (C=O) groups is 1. The molecule has 5 heteroatoms. The van der Waals surface area contributed by atoms with Gasteiger partial charge in [-0.2, -0.15) is 0 Å². The summed E-state index contributed by atoms with van der Waals surface area (Å²) in [7, 11) is 0. The molecule has 0 aliphatic heterocycles. The van der Waals surface area contributed by atoms with Crippen LogP contribution < -0.4 is 10.6 Å². The normalized spacial score (nSPS) is 10.4. The Bertz CT molecular complexity index is 633. The summed E-state index contributed by atoms with van der Waals surface area (Å²) in [5.74, 6) is -0.247. The predicted molar refractivity (Wildman–Crippen MR) is 88.9 cm³/mol. The molecule has 0 atom stereocenters. The van der Waals surface area contributed by atoms with Crippen LogP contribution in [0.2, 0.25) is 0 Å². The molecule has 2 rings (SSSR count). The van der Waals surface area contributed by atoms with E-state index in [9.17, 15) is 4.79 Å². The number of benzene rings is 1. The van der Waals surface area contributed by atoms with Gasteiger partial charge in [0.2, 0.25) is 5.91 Å². The van der Waals surface area contributed by atoms with E-state index in [0.717, 1.165) is 16.1 Å². The van der Waals surface area contributed by atoms with Crippen molar-refractivity contribution in [1.82, 2.24) is 5.32 Å². The van der Waals surface area contributed by atoms with Crippen LogP contribution in [0.5, 0.6) is 0 Å². The summed E-state index contributed by atoms with van der Waals surface area (Å²) in [4.78, 5) is 12.7. The lowest BCUT2D eigenvalue weighted by Gasteiger charge is -2.08. The van der Waals surface area contributed by atoms with Crippen molar-refractivity contribution in [3.8, 4) is 0 Å². The summed E-state index contributed by atoms with van der Waals surface area (Å²) in [5, 5.41) is 7.83. The van der Waals surface area contributed by atoms with Crippen molar-refractivity contribution in [2.24, 2.45) is 0 Å². The van der Waals surface area contributed by atoms with Gasteiger partial charge in [0.05, 0.1) is 0 Å². The lowest BCUT2D eigenvalue weighted by Crippen LogP contribution is -2.32. The monoisotopic (exact) mass is 302 g/mol. The Morgan fingerprint density at radius 2 is 2.15 bits per heavy atom. The Hall–Kier alpha value is -1.98. The SMILES string of the molecule is Cc1cccc(NC(=S)NC(=O)C=Cc2cccs2)c1. The minimum Gasteiger partial charge on any atom is -0.332 e. The summed E-state index contributed by atoms with van der Waals surface area (Å²) in [6.45, 7) is 2.00. The first-order valence-corrected chi connectivity index (χ1v) is 7.32. The van der Waals surface area contributed by atoms with Gasteiger partial charge in [-0.15, -0.1) is 11.3 Å². The number of hydrogen-bond donors (Lipinski definition) is 2. The average molecular weight is 302 g/mol. The van der Waals surface area contributed by atoms with Gasteiger partial charge < -0.3 is 5.32 Å². The minimum atomic E-state index is -0.247.